The highest BCUT2D eigenvalue weighted by atomic mass is 16.6. The van der Waals surface area contributed by atoms with E-state index in [0.717, 1.165) is 12.8 Å². The number of aromatic nitrogens is 1. The molecule has 1 N–H and O–H groups in total. The highest BCUT2D eigenvalue weighted by Crippen LogP contribution is 2.31. The standard InChI is InChI=1S/C13H17N5O2/c1-13(15-2)3-5-17(6-4-13)12-11(18(19)20)7-10(8-14)9-16-12/h7,9,15H,3-6H2,1-2H3. The molecule has 0 atom stereocenters. The Balaban J connectivity index is 2.26. The number of rotatable bonds is 3. The first-order chi connectivity index (χ1) is 9.49. The molecule has 2 heterocycles. The molecule has 1 saturated heterocycles. The lowest BCUT2D eigenvalue weighted by Crippen LogP contribution is -2.50. The topological polar surface area (TPSA) is 95.1 Å². The maximum absolute atomic E-state index is 11.1. The van der Waals surface area contributed by atoms with Crippen molar-refractivity contribution in [3.63, 3.8) is 0 Å². The summed E-state index contributed by atoms with van der Waals surface area (Å²) in [4.78, 5) is 16.7. The highest BCUT2D eigenvalue weighted by Gasteiger charge is 2.31. The largest absolute Gasteiger partial charge is 0.351 e. The molecule has 1 fully saturated rings. The molecule has 20 heavy (non-hydrogen) atoms. The predicted molar refractivity (Wildman–Crippen MR) is 74.5 cm³/mol. The molecule has 2 rings (SSSR count). The fourth-order valence-electron chi connectivity index (χ4n) is 2.35. The number of nitro groups is 1. The van der Waals surface area contributed by atoms with E-state index >= 15 is 0 Å². The summed E-state index contributed by atoms with van der Waals surface area (Å²) < 4.78 is 0. The van der Waals surface area contributed by atoms with Crippen molar-refractivity contribution >= 4 is 11.5 Å². The molecular weight excluding hydrogens is 258 g/mol. The van der Waals surface area contributed by atoms with Crippen molar-refractivity contribution in [1.29, 1.82) is 5.26 Å². The molecule has 7 heteroatoms. The van der Waals surface area contributed by atoms with Crippen LogP contribution in [0.3, 0.4) is 0 Å². The van der Waals surface area contributed by atoms with Gasteiger partial charge in [-0.25, -0.2) is 4.98 Å². The van der Waals surface area contributed by atoms with E-state index in [1.54, 1.807) is 0 Å². The fourth-order valence-corrected chi connectivity index (χ4v) is 2.35. The molecule has 0 spiro atoms. The van der Waals surface area contributed by atoms with E-state index in [9.17, 15) is 10.1 Å². The summed E-state index contributed by atoms with van der Waals surface area (Å²) in [5.41, 5.74) is 0.173. The van der Waals surface area contributed by atoms with Crippen LogP contribution < -0.4 is 10.2 Å². The van der Waals surface area contributed by atoms with Crippen LogP contribution in [0.15, 0.2) is 12.3 Å². The van der Waals surface area contributed by atoms with Crippen molar-refractivity contribution < 1.29 is 4.92 Å². The number of anilines is 1. The van der Waals surface area contributed by atoms with Crippen LogP contribution in [0.25, 0.3) is 0 Å². The Kier molecular flexibility index (Phi) is 3.86. The normalized spacial score (nSPS) is 17.6. The van der Waals surface area contributed by atoms with Gasteiger partial charge < -0.3 is 10.2 Å². The van der Waals surface area contributed by atoms with Crippen LogP contribution in [0.4, 0.5) is 11.5 Å². The number of nitrogens with zero attached hydrogens (tertiary/aromatic N) is 4. The summed E-state index contributed by atoms with van der Waals surface area (Å²) in [6.45, 7) is 3.55. The van der Waals surface area contributed by atoms with Gasteiger partial charge >= 0.3 is 5.69 Å². The maximum atomic E-state index is 11.1. The van der Waals surface area contributed by atoms with Gasteiger partial charge in [-0.1, -0.05) is 0 Å². The SMILES string of the molecule is CNC1(C)CCN(c2ncc(C#N)cc2[N+](=O)[O-])CC1. The molecule has 106 valence electrons. The minimum Gasteiger partial charge on any atom is -0.351 e. The number of hydrogen-bond donors (Lipinski definition) is 1. The van der Waals surface area contributed by atoms with Crippen LogP contribution in [0.1, 0.15) is 25.3 Å². The Hall–Kier alpha value is -2.20. The third kappa shape index (κ3) is 2.70. The van der Waals surface area contributed by atoms with E-state index in [-0.39, 0.29) is 16.8 Å². The summed E-state index contributed by atoms with van der Waals surface area (Å²) in [5.74, 6) is 0.354. The van der Waals surface area contributed by atoms with Crippen molar-refractivity contribution in [2.24, 2.45) is 0 Å². The van der Waals surface area contributed by atoms with Gasteiger partial charge in [-0.2, -0.15) is 5.26 Å². The number of hydrogen-bond acceptors (Lipinski definition) is 6. The minimum atomic E-state index is -0.477. The summed E-state index contributed by atoms with van der Waals surface area (Å²) in [7, 11) is 1.93. The van der Waals surface area contributed by atoms with E-state index in [1.807, 2.05) is 18.0 Å². The Morgan fingerprint density at radius 2 is 2.20 bits per heavy atom. The lowest BCUT2D eigenvalue weighted by Gasteiger charge is -2.39. The molecule has 7 nitrogen and oxygen atoms in total. The Morgan fingerprint density at radius 1 is 1.55 bits per heavy atom. The van der Waals surface area contributed by atoms with E-state index < -0.39 is 4.92 Å². The third-order valence-electron chi connectivity index (χ3n) is 3.94. The molecular formula is C13H17N5O2. The van der Waals surface area contributed by atoms with Gasteiger partial charge in [-0.15, -0.1) is 0 Å². The zero-order valence-corrected chi connectivity index (χ0v) is 11.6. The molecule has 0 amide bonds. The van der Waals surface area contributed by atoms with Crippen molar-refractivity contribution in [3.05, 3.63) is 27.9 Å². The Labute approximate surface area is 117 Å². The number of nitrogens with one attached hydrogen (secondary N) is 1. The van der Waals surface area contributed by atoms with Crippen LogP contribution in [0.5, 0.6) is 0 Å². The van der Waals surface area contributed by atoms with Crippen molar-refractivity contribution in [2.75, 3.05) is 25.0 Å². The summed E-state index contributed by atoms with van der Waals surface area (Å²) in [6, 6.07) is 3.17. The van der Waals surface area contributed by atoms with Crippen LogP contribution in [-0.2, 0) is 0 Å². The van der Waals surface area contributed by atoms with Gasteiger partial charge in [0.1, 0.15) is 6.07 Å². The molecule has 1 aliphatic rings. The quantitative estimate of drug-likeness (QED) is 0.662. The zero-order valence-electron chi connectivity index (χ0n) is 11.6. The fraction of sp³-hybridized carbons (Fsp3) is 0.538. The summed E-state index contributed by atoms with van der Waals surface area (Å²) in [6.07, 6.45) is 3.17. The summed E-state index contributed by atoms with van der Waals surface area (Å²) >= 11 is 0. The molecule has 0 saturated carbocycles. The molecule has 1 aromatic heterocycles. The molecule has 0 aliphatic carbocycles. The second-order valence-corrected chi connectivity index (χ2v) is 5.23. The van der Waals surface area contributed by atoms with Gasteiger partial charge in [-0.05, 0) is 26.8 Å². The lowest BCUT2D eigenvalue weighted by atomic mass is 9.90. The molecule has 1 aromatic rings. The van der Waals surface area contributed by atoms with Gasteiger partial charge in [0.25, 0.3) is 0 Å². The monoisotopic (exact) mass is 275 g/mol. The van der Waals surface area contributed by atoms with Gasteiger partial charge in [-0.3, -0.25) is 10.1 Å². The van der Waals surface area contributed by atoms with Crippen molar-refractivity contribution in [2.45, 2.75) is 25.3 Å². The van der Waals surface area contributed by atoms with Gasteiger partial charge in [0, 0.05) is 30.9 Å². The van der Waals surface area contributed by atoms with E-state index in [4.69, 9.17) is 5.26 Å². The number of piperidine rings is 1. The van der Waals surface area contributed by atoms with Crippen molar-refractivity contribution in [1.82, 2.24) is 10.3 Å². The highest BCUT2D eigenvalue weighted by molar-refractivity contribution is 5.60. The van der Waals surface area contributed by atoms with Crippen molar-refractivity contribution in [3.8, 4) is 6.07 Å². The first-order valence-electron chi connectivity index (χ1n) is 6.47. The van der Waals surface area contributed by atoms with E-state index in [1.165, 1.54) is 12.3 Å². The van der Waals surface area contributed by atoms with Crippen LogP contribution in [-0.4, -0.2) is 35.6 Å². The Bertz CT molecular complexity index is 558. The van der Waals surface area contributed by atoms with E-state index in [0.29, 0.717) is 18.9 Å². The van der Waals surface area contributed by atoms with E-state index in [2.05, 4.69) is 17.2 Å². The lowest BCUT2D eigenvalue weighted by molar-refractivity contribution is -0.384. The van der Waals surface area contributed by atoms with Crippen LogP contribution in [0.2, 0.25) is 0 Å². The number of pyridine rings is 1. The summed E-state index contributed by atoms with van der Waals surface area (Å²) in [5, 5.41) is 23.2. The molecule has 0 unspecified atom stereocenters. The molecule has 0 aromatic carbocycles. The zero-order chi connectivity index (χ0) is 14.8. The second-order valence-electron chi connectivity index (χ2n) is 5.23. The smallest absolute Gasteiger partial charge is 0.312 e. The van der Waals surface area contributed by atoms with Gasteiger partial charge in [0.2, 0.25) is 5.82 Å². The predicted octanol–water partition coefficient (Wildman–Crippen LogP) is 1.44. The third-order valence-corrected chi connectivity index (χ3v) is 3.94. The number of nitriles is 1. The van der Waals surface area contributed by atoms with Crippen LogP contribution >= 0.6 is 0 Å². The van der Waals surface area contributed by atoms with Gasteiger partial charge in [0.15, 0.2) is 0 Å². The van der Waals surface area contributed by atoms with Crippen LogP contribution in [0, 0.1) is 21.4 Å². The maximum Gasteiger partial charge on any atom is 0.312 e. The molecule has 0 bridgehead atoms. The average molecular weight is 275 g/mol. The first kappa shape index (κ1) is 14.2. The first-order valence-corrected chi connectivity index (χ1v) is 6.47. The second kappa shape index (κ2) is 5.43. The molecule has 1 aliphatic heterocycles. The van der Waals surface area contributed by atoms with Gasteiger partial charge in [0.05, 0.1) is 10.5 Å². The average Bonchev–Trinajstić information content (AvgIpc) is 2.47. The Morgan fingerprint density at radius 3 is 2.70 bits per heavy atom. The minimum absolute atomic E-state index is 0.0673. The molecule has 0 radical (unpaired) electrons.